The fourth-order valence-electron chi connectivity index (χ4n) is 4.22. The highest BCUT2D eigenvalue weighted by Gasteiger charge is 2.24. The third kappa shape index (κ3) is 4.20. The Morgan fingerprint density at radius 3 is 1.88 bits per heavy atom. The summed E-state index contributed by atoms with van der Waals surface area (Å²) in [5, 5.41) is 10.2. The number of para-hydroxylation sites is 1. The van der Waals surface area contributed by atoms with Gasteiger partial charge in [-0.15, -0.1) is 0 Å². The van der Waals surface area contributed by atoms with Gasteiger partial charge in [0.2, 0.25) is 0 Å². The van der Waals surface area contributed by atoms with Crippen LogP contribution >= 0.6 is 0 Å². The van der Waals surface area contributed by atoms with E-state index in [2.05, 4.69) is 74.5 Å². The molecule has 3 nitrogen and oxygen atoms in total. The molecule has 2 heterocycles. The zero-order valence-electron chi connectivity index (χ0n) is 19.3. The monoisotopic (exact) mass is 442 g/mol. The Bertz CT molecular complexity index is 1440. The molecule has 0 saturated carbocycles. The lowest BCUT2D eigenvalue weighted by atomic mass is 9.81. The van der Waals surface area contributed by atoms with Gasteiger partial charge in [-0.2, -0.15) is 0 Å². The van der Waals surface area contributed by atoms with E-state index in [0.717, 1.165) is 39.5 Å². The van der Waals surface area contributed by atoms with Crippen LogP contribution in [0.25, 0.3) is 33.8 Å². The molecule has 34 heavy (non-hydrogen) atoms. The first-order chi connectivity index (χ1) is 16.5. The molecule has 3 heteroatoms. The van der Waals surface area contributed by atoms with Crippen molar-refractivity contribution < 1.29 is 5.11 Å². The molecule has 0 bridgehead atoms. The number of hydrogen-bond donors (Lipinski definition) is 1. The van der Waals surface area contributed by atoms with Gasteiger partial charge in [0.25, 0.3) is 0 Å². The summed E-state index contributed by atoms with van der Waals surface area (Å²) in [5.41, 5.74) is 7.34. The summed E-state index contributed by atoms with van der Waals surface area (Å²) in [6.45, 7) is 4.42. The molecule has 1 N–H and O–H groups in total. The minimum Gasteiger partial charge on any atom is -0.507 e. The fraction of sp³-hybridized carbons (Fsp3) is 0.0968. The molecule has 3 aromatic carbocycles. The van der Waals surface area contributed by atoms with Crippen LogP contribution in [0, 0.1) is 0 Å². The Labute approximate surface area is 200 Å². The van der Waals surface area contributed by atoms with Crippen LogP contribution in [0.15, 0.2) is 115 Å². The molecule has 0 radical (unpaired) electrons. The molecule has 0 saturated heterocycles. The normalized spacial score (nSPS) is 11.4. The Balaban J connectivity index is 1.51. The topological polar surface area (TPSA) is 46.0 Å². The van der Waals surface area contributed by atoms with E-state index in [1.54, 1.807) is 6.07 Å². The molecular weight excluding hydrogens is 416 g/mol. The minimum atomic E-state index is -0.206. The molecule has 0 unspecified atom stereocenters. The highest BCUT2D eigenvalue weighted by Crippen LogP contribution is 2.33. The van der Waals surface area contributed by atoms with E-state index in [1.807, 2.05) is 48.5 Å². The van der Waals surface area contributed by atoms with Crippen molar-refractivity contribution in [3.8, 4) is 39.5 Å². The average molecular weight is 443 g/mol. The van der Waals surface area contributed by atoms with Gasteiger partial charge in [-0.3, -0.25) is 4.98 Å². The van der Waals surface area contributed by atoms with Crippen molar-refractivity contribution >= 4 is 0 Å². The van der Waals surface area contributed by atoms with E-state index in [0.29, 0.717) is 0 Å². The van der Waals surface area contributed by atoms with Crippen LogP contribution in [-0.4, -0.2) is 15.1 Å². The van der Waals surface area contributed by atoms with E-state index >= 15 is 0 Å². The maximum atomic E-state index is 10.2. The third-order valence-electron chi connectivity index (χ3n) is 6.27. The maximum Gasteiger partial charge on any atom is 0.124 e. The number of rotatable bonds is 5. The Morgan fingerprint density at radius 1 is 0.559 bits per heavy atom. The van der Waals surface area contributed by atoms with Gasteiger partial charge in [0.1, 0.15) is 5.75 Å². The molecule has 5 rings (SSSR count). The van der Waals surface area contributed by atoms with Gasteiger partial charge in [-0.05, 0) is 48.0 Å². The predicted molar refractivity (Wildman–Crippen MR) is 139 cm³/mol. The van der Waals surface area contributed by atoms with Crippen LogP contribution < -0.4 is 0 Å². The third-order valence-corrected chi connectivity index (χ3v) is 6.27. The zero-order valence-corrected chi connectivity index (χ0v) is 19.3. The highest BCUT2D eigenvalue weighted by molar-refractivity contribution is 5.73. The molecule has 0 aliphatic carbocycles. The van der Waals surface area contributed by atoms with E-state index in [-0.39, 0.29) is 11.2 Å². The Kier molecular flexibility index (Phi) is 5.69. The van der Waals surface area contributed by atoms with Crippen molar-refractivity contribution in [2.45, 2.75) is 19.3 Å². The van der Waals surface area contributed by atoms with Crippen LogP contribution in [0.2, 0.25) is 0 Å². The van der Waals surface area contributed by atoms with Crippen molar-refractivity contribution in [3.05, 3.63) is 127 Å². The van der Waals surface area contributed by atoms with Crippen LogP contribution in [-0.2, 0) is 5.41 Å². The molecular formula is C31H26N2O. The van der Waals surface area contributed by atoms with E-state index in [1.165, 1.54) is 5.56 Å². The maximum absolute atomic E-state index is 10.2. The van der Waals surface area contributed by atoms with Gasteiger partial charge < -0.3 is 5.11 Å². The summed E-state index contributed by atoms with van der Waals surface area (Å²) >= 11 is 0. The molecule has 0 aliphatic rings. The number of aromatic hydroxyl groups is 1. The van der Waals surface area contributed by atoms with E-state index in [4.69, 9.17) is 9.97 Å². The SMILES string of the molecule is CC(C)(c1ccccc1)c1cccc(-c2cccc(-c3cccc(-c4ccccc4O)n3)c2)n1. The first-order valence-electron chi connectivity index (χ1n) is 11.4. The molecule has 0 aliphatic heterocycles. The lowest BCUT2D eigenvalue weighted by Gasteiger charge is -2.25. The lowest BCUT2D eigenvalue weighted by Crippen LogP contribution is -2.20. The van der Waals surface area contributed by atoms with Gasteiger partial charge >= 0.3 is 0 Å². The second kappa shape index (κ2) is 8.95. The number of phenols is 1. The summed E-state index contributed by atoms with van der Waals surface area (Å²) in [6, 6.07) is 38.1. The van der Waals surface area contributed by atoms with Crippen molar-refractivity contribution in [2.24, 2.45) is 0 Å². The summed E-state index contributed by atoms with van der Waals surface area (Å²) in [6.07, 6.45) is 0. The van der Waals surface area contributed by atoms with Crippen LogP contribution in [0.5, 0.6) is 5.75 Å². The second-order valence-electron chi connectivity index (χ2n) is 8.91. The first-order valence-corrected chi connectivity index (χ1v) is 11.4. The average Bonchev–Trinajstić information content (AvgIpc) is 2.90. The quantitative estimate of drug-likeness (QED) is 0.306. The number of pyridine rings is 2. The largest absolute Gasteiger partial charge is 0.507 e. The van der Waals surface area contributed by atoms with Crippen LogP contribution in [0.3, 0.4) is 0 Å². The van der Waals surface area contributed by atoms with Crippen LogP contribution in [0.1, 0.15) is 25.1 Å². The lowest BCUT2D eigenvalue weighted by molar-refractivity contribution is 0.477. The standard InChI is InChI=1S/C31H26N2O/c1-31(2,24-13-4-3-5-14-24)30-20-10-17-27(33-30)23-12-8-11-22(21-23)26-16-9-18-28(32-26)25-15-6-7-19-29(25)34/h3-21,34H,1-2H3. The minimum absolute atomic E-state index is 0.206. The number of benzene rings is 3. The molecule has 0 amide bonds. The number of nitrogens with zero attached hydrogens (tertiary/aromatic N) is 2. The van der Waals surface area contributed by atoms with Crippen molar-refractivity contribution in [1.82, 2.24) is 9.97 Å². The van der Waals surface area contributed by atoms with Gasteiger partial charge in [0.05, 0.1) is 22.8 Å². The summed E-state index contributed by atoms with van der Waals surface area (Å²) in [5.74, 6) is 0.225. The molecule has 2 aromatic heterocycles. The summed E-state index contributed by atoms with van der Waals surface area (Å²) in [4.78, 5) is 9.87. The van der Waals surface area contributed by atoms with Crippen molar-refractivity contribution in [1.29, 1.82) is 0 Å². The zero-order chi connectivity index (χ0) is 23.5. The predicted octanol–water partition coefficient (Wildman–Crippen LogP) is 7.51. The molecule has 166 valence electrons. The number of phenolic OH excluding ortho intramolecular Hbond substituents is 1. The van der Waals surface area contributed by atoms with E-state index < -0.39 is 0 Å². The molecule has 0 fully saturated rings. The summed E-state index contributed by atoms with van der Waals surface area (Å²) < 4.78 is 0. The summed E-state index contributed by atoms with van der Waals surface area (Å²) in [7, 11) is 0. The second-order valence-corrected chi connectivity index (χ2v) is 8.91. The highest BCUT2D eigenvalue weighted by atomic mass is 16.3. The Morgan fingerprint density at radius 2 is 1.15 bits per heavy atom. The fourth-order valence-corrected chi connectivity index (χ4v) is 4.22. The van der Waals surface area contributed by atoms with Gasteiger partial charge in [-0.1, -0.05) is 86.6 Å². The van der Waals surface area contributed by atoms with Gasteiger partial charge in [0, 0.05) is 22.1 Å². The Hall–Kier alpha value is -4.24. The van der Waals surface area contributed by atoms with Crippen molar-refractivity contribution in [2.75, 3.05) is 0 Å². The van der Waals surface area contributed by atoms with Crippen molar-refractivity contribution in [3.63, 3.8) is 0 Å². The first kappa shape index (κ1) is 21.6. The van der Waals surface area contributed by atoms with E-state index in [9.17, 15) is 5.11 Å². The van der Waals surface area contributed by atoms with Gasteiger partial charge in [0.15, 0.2) is 0 Å². The number of hydrogen-bond acceptors (Lipinski definition) is 3. The molecule has 0 atom stereocenters. The molecule has 0 spiro atoms. The number of aromatic nitrogens is 2. The smallest absolute Gasteiger partial charge is 0.124 e. The molecule has 5 aromatic rings. The van der Waals surface area contributed by atoms with Gasteiger partial charge in [-0.25, -0.2) is 4.98 Å². The van der Waals surface area contributed by atoms with Crippen LogP contribution in [0.4, 0.5) is 0 Å².